The average molecular weight is 245 g/mol. The summed E-state index contributed by atoms with van der Waals surface area (Å²) in [5, 5.41) is 0. The SMILES string of the molecule is CN(C)c1ccc(C2=CC=C(C=O)CS2)cc1. The van der Waals surface area contributed by atoms with Crippen LogP contribution in [0.3, 0.4) is 0 Å². The van der Waals surface area contributed by atoms with Gasteiger partial charge in [-0.15, -0.1) is 11.8 Å². The lowest BCUT2D eigenvalue weighted by Gasteiger charge is -2.15. The maximum absolute atomic E-state index is 10.6. The molecule has 1 aromatic carbocycles. The fourth-order valence-corrected chi connectivity index (χ4v) is 2.57. The molecule has 0 unspecified atom stereocenters. The maximum Gasteiger partial charge on any atom is 0.146 e. The van der Waals surface area contributed by atoms with Gasteiger partial charge in [-0.05, 0) is 23.8 Å². The van der Waals surface area contributed by atoms with Gasteiger partial charge in [-0.3, -0.25) is 4.79 Å². The Kier molecular flexibility index (Phi) is 3.69. The molecule has 1 aromatic rings. The van der Waals surface area contributed by atoms with Crippen molar-refractivity contribution in [3.8, 4) is 0 Å². The van der Waals surface area contributed by atoms with Crippen molar-refractivity contribution < 1.29 is 4.79 Å². The second-order valence-electron chi connectivity index (χ2n) is 4.12. The molecule has 2 rings (SSSR count). The Balaban J connectivity index is 2.21. The second-order valence-corrected chi connectivity index (χ2v) is 5.14. The van der Waals surface area contributed by atoms with Crippen LogP contribution >= 0.6 is 11.8 Å². The number of nitrogens with zero attached hydrogens (tertiary/aromatic N) is 1. The van der Waals surface area contributed by atoms with Gasteiger partial charge < -0.3 is 4.90 Å². The van der Waals surface area contributed by atoms with Crippen LogP contribution in [0.15, 0.2) is 42.0 Å². The van der Waals surface area contributed by atoms with E-state index in [1.807, 2.05) is 26.2 Å². The summed E-state index contributed by atoms with van der Waals surface area (Å²) in [6, 6.07) is 8.45. The van der Waals surface area contributed by atoms with Crippen LogP contribution in [0, 0.1) is 0 Å². The Hall–Kier alpha value is -1.48. The Labute approximate surface area is 106 Å². The molecule has 2 nitrogen and oxygen atoms in total. The van der Waals surface area contributed by atoms with E-state index in [4.69, 9.17) is 0 Å². The van der Waals surface area contributed by atoms with E-state index < -0.39 is 0 Å². The van der Waals surface area contributed by atoms with Crippen molar-refractivity contribution in [1.29, 1.82) is 0 Å². The molecule has 0 saturated carbocycles. The normalized spacial score (nSPS) is 14.9. The summed E-state index contributed by atoms with van der Waals surface area (Å²) in [7, 11) is 4.06. The molecule has 0 amide bonds. The van der Waals surface area contributed by atoms with Gasteiger partial charge in [0.05, 0.1) is 0 Å². The summed E-state index contributed by atoms with van der Waals surface area (Å²) in [5.74, 6) is 0.769. The topological polar surface area (TPSA) is 20.3 Å². The third-order valence-electron chi connectivity index (χ3n) is 2.66. The summed E-state index contributed by atoms with van der Waals surface area (Å²) in [6.07, 6.45) is 4.84. The van der Waals surface area contributed by atoms with Gasteiger partial charge in [0.25, 0.3) is 0 Å². The van der Waals surface area contributed by atoms with Gasteiger partial charge in [-0.2, -0.15) is 0 Å². The predicted molar refractivity (Wildman–Crippen MR) is 75.4 cm³/mol. The van der Waals surface area contributed by atoms with Crippen LogP contribution in [0.1, 0.15) is 5.56 Å². The number of carbonyl (C=O) groups is 1. The van der Waals surface area contributed by atoms with Gasteiger partial charge in [-0.1, -0.05) is 18.2 Å². The van der Waals surface area contributed by atoms with E-state index in [0.29, 0.717) is 0 Å². The number of allylic oxidation sites excluding steroid dienone is 2. The van der Waals surface area contributed by atoms with E-state index in [1.165, 1.54) is 16.2 Å². The molecule has 17 heavy (non-hydrogen) atoms. The van der Waals surface area contributed by atoms with Crippen molar-refractivity contribution in [2.24, 2.45) is 0 Å². The van der Waals surface area contributed by atoms with Gasteiger partial charge >= 0.3 is 0 Å². The van der Waals surface area contributed by atoms with Crippen molar-refractivity contribution in [2.45, 2.75) is 0 Å². The first-order valence-corrected chi connectivity index (χ1v) is 6.46. The molecule has 0 fully saturated rings. The van der Waals surface area contributed by atoms with E-state index in [1.54, 1.807) is 11.8 Å². The van der Waals surface area contributed by atoms with Crippen LogP contribution in [0.5, 0.6) is 0 Å². The van der Waals surface area contributed by atoms with Gasteiger partial charge in [0, 0.05) is 36.0 Å². The molecule has 0 aromatic heterocycles. The van der Waals surface area contributed by atoms with Crippen molar-refractivity contribution in [3.63, 3.8) is 0 Å². The maximum atomic E-state index is 10.6. The van der Waals surface area contributed by atoms with Crippen molar-refractivity contribution in [2.75, 3.05) is 24.7 Å². The summed E-state index contributed by atoms with van der Waals surface area (Å²) in [5.41, 5.74) is 3.25. The van der Waals surface area contributed by atoms with Gasteiger partial charge in [0.2, 0.25) is 0 Å². The molecule has 1 aliphatic heterocycles. The minimum Gasteiger partial charge on any atom is -0.378 e. The summed E-state index contributed by atoms with van der Waals surface area (Å²) in [6.45, 7) is 0. The lowest BCUT2D eigenvalue weighted by molar-refractivity contribution is -0.104. The number of anilines is 1. The quantitative estimate of drug-likeness (QED) is 0.764. The number of thioether (sulfide) groups is 1. The molecule has 0 bridgehead atoms. The minimum absolute atomic E-state index is 0.769. The Morgan fingerprint density at radius 3 is 2.35 bits per heavy atom. The number of carbonyl (C=O) groups excluding carboxylic acids is 1. The molecule has 0 saturated heterocycles. The van der Waals surface area contributed by atoms with Crippen molar-refractivity contribution in [1.82, 2.24) is 0 Å². The summed E-state index contributed by atoms with van der Waals surface area (Å²) >= 11 is 1.71. The number of hydrogen-bond acceptors (Lipinski definition) is 3. The first-order chi connectivity index (χ1) is 8.20. The molecule has 3 heteroatoms. The summed E-state index contributed by atoms with van der Waals surface area (Å²) in [4.78, 5) is 13.9. The minimum atomic E-state index is 0.769. The first-order valence-electron chi connectivity index (χ1n) is 5.47. The molecule has 0 atom stereocenters. The summed E-state index contributed by atoms with van der Waals surface area (Å²) < 4.78 is 0. The van der Waals surface area contributed by atoms with E-state index in [-0.39, 0.29) is 0 Å². The zero-order valence-corrected chi connectivity index (χ0v) is 10.8. The van der Waals surface area contributed by atoms with Crippen LogP contribution in [-0.2, 0) is 4.79 Å². The van der Waals surface area contributed by atoms with Crippen molar-refractivity contribution in [3.05, 3.63) is 47.6 Å². The first kappa shape index (κ1) is 12.0. The highest BCUT2D eigenvalue weighted by Crippen LogP contribution is 2.32. The number of hydrogen-bond donors (Lipinski definition) is 0. The highest BCUT2D eigenvalue weighted by molar-refractivity contribution is 8.08. The largest absolute Gasteiger partial charge is 0.378 e. The van der Waals surface area contributed by atoms with E-state index in [0.717, 1.165) is 17.6 Å². The number of benzene rings is 1. The van der Waals surface area contributed by atoms with Crippen molar-refractivity contribution >= 4 is 28.6 Å². The Morgan fingerprint density at radius 2 is 1.88 bits per heavy atom. The van der Waals surface area contributed by atoms with Crippen LogP contribution in [0.2, 0.25) is 0 Å². The van der Waals surface area contributed by atoms with Gasteiger partial charge in [0.1, 0.15) is 6.29 Å². The molecule has 0 radical (unpaired) electrons. The molecule has 1 heterocycles. The van der Waals surface area contributed by atoms with E-state index >= 15 is 0 Å². The lowest BCUT2D eigenvalue weighted by Crippen LogP contribution is -2.08. The molecule has 1 aliphatic rings. The Morgan fingerprint density at radius 1 is 1.18 bits per heavy atom. The average Bonchev–Trinajstić information content (AvgIpc) is 2.39. The fourth-order valence-electron chi connectivity index (χ4n) is 1.62. The highest BCUT2D eigenvalue weighted by Gasteiger charge is 2.08. The third-order valence-corrected chi connectivity index (χ3v) is 3.82. The van der Waals surface area contributed by atoms with E-state index in [2.05, 4.69) is 29.2 Å². The predicted octanol–water partition coefficient (Wildman–Crippen LogP) is 2.97. The van der Waals surface area contributed by atoms with Gasteiger partial charge in [0.15, 0.2) is 0 Å². The van der Waals surface area contributed by atoms with Crippen LogP contribution < -0.4 is 4.90 Å². The smallest absolute Gasteiger partial charge is 0.146 e. The number of rotatable bonds is 3. The van der Waals surface area contributed by atoms with Crippen LogP contribution in [0.25, 0.3) is 4.91 Å². The zero-order valence-electron chi connectivity index (χ0n) is 10.0. The third kappa shape index (κ3) is 2.80. The molecular formula is C14H15NOS. The standard InChI is InChI=1S/C14H15NOS/c1-15(2)13-6-4-12(5-7-13)14-8-3-11(9-16)10-17-14/h3-9H,10H2,1-2H3. The monoisotopic (exact) mass is 245 g/mol. The Bertz CT molecular complexity index is 472. The van der Waals surface area contributed by atoms with Gasteiger partial charge in [-0.25, -0.2) is 0 Å². The lowest BCUT2D eigenvalue weighted by atomic mass is 10.1. The van der Waals surface area contributed by atoms with Crippen LogP contribution in [0.4, 0.5) is 5.69 Å². The molecule has 0 aliphatic carbocycles. The van der Waals surface area contributed by atoms with E-state index in [9.17, 15) is 4.79 Å². The molecule has 0 spiro atoms. The molecular weight excluding hydrogens is 230 g/mol. The fraction of sp³-hybridized carbons (Fsp3) is 0.214. The highest BCUT2D eigenvalue weighted by atomic mass is 32.2. The molecule has 88 valence electrons. The number of aldehydes is 1. The zero-order chi connectivity index (χ0) is 12.3. The second kappa shape index (κ2) is 5.23. The molecule has 0 N–H and O–H groups in total. The van der Waals surface area contributed by atoms with Crippen LogP contribution in [-0.4, -0.2) is 26.1 Å².